The smallest absolute Gasteiger partial charge is 0.242 e. The Labute approximate surface area is 107 Å². The van der Waals surface area contributed by atoms with Crippen LogP contribution in [0.2, 0.25) is 0 Å². The second-order valence-electron chi connectivity index (χ2n) is 3.83. The Bertz CT molecular complexity index is 519. The molecule has 0 saturated heterocycles. The second-order valence-corrected chi connectivity index (χ2v) is 5.55. The monoisotopic (exact) mass is 268 g/mol. The summed E-state index contributed by atoms with van der Waals surface area (Å²) in [7, 11) is -3.62. The van der Waals surface area contributed by atoms with Gasteiger partial charge >= 0.3 is 0 Å². The first-order valence-corrected chi connectivity index (χ1v) is 7.10. The first-order chi connectivity index (χ1) is 8.53. The Morgan fingerprint density at radius 1 is 1.56 bits per heavy atom. The molecule has 0 amide bonds. The van der Waals surface area contributed by atoms with Gasteiger partial charge in [-0.15, -0.1) is 0 Å². The van der Waals surface area contributed by atoms with Crippen LogP contribution in [-0.4, -0.2) is 26.0 Å². The van der Waals surface area contributed by atoms with Crippen molar-refractivity contribution >= 4 is 10.0 Å². The van der Waals surface area contributed by atoms with Crippen molar-refractivity contribution in [2.45, 2.75) is 30.7 Å². The molecule has 7 heteroatoms. The first kappa shape index (κ1) is 14.6. The third-order valence-corrected chi connectivity index (χ3v) is 3.91. The molecule has 3 N–H and O–H groups in total. The predicted octanol–water partition coefficient (Wildman–Crippen LogP) is 0.359. The van der Waals surface area contributed by atoms with E-state index in [-0.39, 0.29) is 23.2 Å². The van der Waals surface area contributed by atoms with E-state index >= 15 is 0 Å². The van der Waals surface area contributed by atoms with Crippen molar-refractivity contribution in [2.24, 2.45) is 5.73 Å². The average Bonchev–Trinajstić information content (AvgIpc) is 2.38. The number of rotatable bonds is 6. The molecule has 1 rings (SSSR count). The van der Waals surface area contributed by atoms with E-state index in [0.717, 1.165) is 6.42 Å². The number of nitrogens with two attached hydrogens (primary N) is 1. The van der Waals surface area contributed by atoms with E-state index in [1.807, 2.05) is 13.0 Å². The minimum Gasteiger partial charge on any atom is -0.329 e. The lowest BCUT2D eigenvalue weighted by molar-refractivity contribution is 0.527. The van der Waals surface area contributed by atoms with E-state index in [0.29, 0.717) is 6.42 Å². The standard InChI is InChI=1S/C11H16N4O2S/c1-2-3-10(7-13)15-18(16,17)11-5-4-9(6-12)14-8-11/h4-5,8,10,15H,2-3,7,13H2,1H3. The molecule has 0 aliphatic rings. The summed E-state index contributed by atoms with van der Waals surface area (Å²) in [5.74, 6) is 0. The Kier molecular flexibility index (Phi) is 5.22. The van der Waals surface area contributed by atoms with Crippen LogP contribution in [0.25, 0.3) is 0 Å². The zero-order chi connectivity index (χ0) is 13.6. The lowest BCUT2D eigenvalue weighted by Gasteiger charge is -2.15. The molecule has 0 radical (unpaired) electrons. The number of nitrogens with zero attached hydrogens (tertiary/aromatic N) is 2. The highest BCUT2D eigenvalue weighted by molar-refractivity contribution is 7.89. The minimum absolute atomic E-state index is 0.0380. The number of aromatic nitrogens is 1. The van der Waals surface area contributed by atoms with Crippen LogP contribution < -0.4 is 10.5 Å². The van der Waals surface area contributed by atoms with Crippen molar-refractivity contribution in [3.05, 3.63) is 24.0 Å². The molecule has 18 heavy (non-hydrogen) atoms. The highest BCUT2D eigenvalue weighted by Crippen LogP contribution is 2.09. The maximum atomic E-state index is 12.0. The summed E-state index contributed by atoms with van der Waals surface area (Å²) in [4.78, 5) is 3.77. The van der Waals surface area contributed by atoms with Crippen LogP contribution in [0.4, 0.5) is 0 Å². The number of hydrogen-bond acceptors (Lipinski definition) is 5. The van der Waals surface area contributed by atoms with E-state index < -0.39 is 10.0 Å². The number of hydrogen-bond donors (Lipinski definition) is 2. The number of sulfonamides is 1. The van der Waals surface area contributed by atoms with E-state index in [9.17, 15) is 8.42 Å². The van der Waals surface area contributed by atoms with Crippen LogP contribution in [-0.2, 0) is 10.0 Å². The van der Waals surface area contributed by atoms with Gasteiger partial charge in [0.15, 0.2) is 0 Å². The van der Waals surface area contributed by atoms with Crippen molar-refractivity contribution in [2.75, 3.05) is 6.54 Å². The summed E-state index contributed by atoms with van der Waals surface area (Å²) < 4.78 is 26.5. The number of nitriles is 1. The quantitative estimate of drug-likeness (QED) is 0.774. The van der Waals surface area contributed by atoms with Gasteiger partial charge in [-0.25, -0.2) is 18.1 Å². The van der Waals surface area contributed by atoms with Gasteiger partial charge in [0.2, 0.25) is 10.0 Å². The topological polar surface area (TPSA) is 109 Å². The summed E-state index contributed by atoms with van der Waals surface area (Å²) in [6.07, 6.45) is 2.69. The van der Waals surface area contributed by atoms with Crippen LogP contribution in [0.3, 0.4) is 0 Å². The van der Waals surface area contributed by atoms with Crippen molar-refractivity contribution < 1.29 is 8.42 Å². The van der Waals surface area contributed by atoms with E-state index in [1.165, 1.54) is 18.3 Å². The third-order valence-electron chi connectivity index (χ3n) is 2.40. The molecule has 98 valence electrons. The SMILES string of the molecule is CCCC(CN)NS(=O)(=O)c1ccc(C#N)nc1. The summed E-state index contributed by atoms with van der Waals surface area (Å²) >= 11 is 0. The van der Waals surface area contributed by atoms with Gasteiger partial charge in [-0.2, -0.15) is 5.26 Å². The van der Waals surface area contributed by atoms with E-state index in [1.54, 1.807) is 0 Å². The van der Waals surface area contributed by atoms with Crippen molar-refractivity contribution in [3.8, 4) is 6.07 Å². The molecule has 0 spiro atoms. The van der Waals surface area contributed by atoms with E-state index in [4.69, 9.17) is 11.0 Å². The van der Waals surface area contributed by atoms with Crippen molar-refractivity contribution in [3.63, 3.8) is 0 Å². The Hall–Kier alpha value is -1.49. The summed E-state index contributed by atoms with van der Waals surface area (Å²) in [5, 5.41) is 8.59. The molecular formula is C11H16N4O2S. The number of nitrogens with one attached hydrogen (secondary N) is 1. The molecule has 1 unspecified atom stereocenters. The van der Waals surface area contributed by atoms with Gasteiger partial charge in [0.25, 0.3) is 0 Å². The van der Waals surface area contributed by atoms with Crippen LogP contribution in [0.1, 0.15) is 25.5 Å². The summed E-state index contributed by atoms with van der Waals surface area (Å²) in [6.45, 7) is 2.21. The van der Waals surface area contributed by atoms with Crippen molar-refractivity contribution in [1.82, 2.24) is 9.71 Å². The largest absolute Gasteiger partial charge is 0.329 e. The zero-order valence-corrected chi connectivity index (χ0v) is 10.9. The van der Waals surface area contributed by atoms with Gasteiger partial charge in [-0.05, 0) is 18.6 Å². The molecular weight excluding hydrogens is 252 g/mol. The molecule has 1 aromatic heterocycles. The fraction of sp³-hybridized carbons (Fsp3) is 0.455. The van der Waals surface area contributed by atoms with Crippen LogP contribution in [0.15, 0.2) is 23.2 Å². The lowest BCUT2D eigenvalue weighted by Crippen LogP contribution is -2.40. The van der Waals surface area contributed by atoms with Gasteiger partial charge in [-0.3, -0.25) is 0 Å². The average molecular weight is 268 g/mol. The maximum Gasteiger partial charge on any atom is 0.242 e. The zero-order valence-electron chi connectivity index (χ0n) is 10.1. The lowest BCUT2D eigenvalue weighted by atomic mass is 10.2. The van der Waals surface area contributed by atoms with Crippen LogP contribution >= 0.6 is 0 Å². The van der Waals surface area contributed by atoms with Gasteiger partial charge in [0, 0.05) is 18.8 Å². The third kappa shape index (κ3) is 3.77. The maximum absolute atomic E-state index is 12.0. The fourth-order valence-electron chi connectivity index (χ4n) is 1.47. The molecule has 1 heterocycles. The van der Waals surface area contributed by atoms with Gasteiger partial charge in [0.05, 0.1) is 0 Å². The highest BCUT2D eigenvalue weighted by atomic mass is 32.2. The van der Waals surface area contributed by atoms with Crippen LogP contribution in [0.5, 0.6) is 0 Å². The molecule has 0 saturated carbocycles. The second kappa shape index (κ2) is 6.44. The molecule has 1 aromatic rings. The Balaban J connectivity index is 2.88. The van der Waals surface area contributed by atoms with Gasteiger partial charge in [0.1, 0.15) is 16.7 Å². The Morgan fingerprint density at radius 3 is 2.72 bits per heavy atom. The molecule has 0 aliphatic carbocycles. The molecule has 0 bridgehead atoms. The molecule has 0 aromatic carbocycles. The van der Waals surface area contributed by atoms with E-state index in [2.05, 4.69) is 9.71 Å². The van der Waals surface area contributed by atoms with Crippen LogP contribution in [0, 0.1) is 11.3 Å². The molecule has 0 aliphatic heterocycles. The van der Waals surface area contributed by atoms with Crippen molar-refractivity contribution in [1.29, 1.82) is 5.26 Å². The number of pyridine rings is 1. The molecule has 0 fully saturated rings. The van der Waals surface area contributed by atoms with Gasteiger partial charge in [-0.1, -0.05) is 13.3 Å². The molecule has 1 atom stereocenters. The fourth-order valence-corrected chi connectivity index (χ4v) is 2.69. The minimum atomic E-state index is -3.62. The summed E-state index contributed by atoms with van der Waals surface area (Å²) in [6, 6.07) is 4.27. The molecule has 6 nitrogen and oxygen atoms in total. The predicted molar refractivity (Wildman–Crippen MR) is 67.0 cm³/mol. The summed E-state index contributed by atoms with van der Waals surface area (Å²) in [5.41, 5.74) is 5.68. The first-order valence-electron chi connectivity index (χ1n) is 5.62. The highest BCUT2D eigenvalue weighted by Gasteiger charge is 2.18. The van der Waals surface area contributed by atoms with Gasteiger partial charge < -0.3 is 5.73 Å². The Morgan fingerprint density at radius 2 is 2.28 bits per heavy atom. The normalized spacial score (nSPS) is 12.9.